The van der Waals surface area contributed by atoms with E-state index in [-0.39, 0.29) is 5.91 Å². The molecule has 22 heavy (non-hydrogen) atoms. The molecule has 118 valence electrons. The molecule has 1 amide bonds. The van der Waals surface area contributed by atoms with Gasteiger partial charge in [-0.15, -0.1) is 11.3 Å². The summed E-state index contributed by atoms with van der Waals surface area (Å²) in [7, 11) is 1.31. The molecule has 0 aromatic carbocycles. The number of rotatable bonds is 8. The first-order chi connectivity index (χ1) is 10.7. The number of nitrogens with one attached hydrogen (secondary N) is 1. The SMILES string of the molecule is COC(=O)c1ccc(C(=O)NCCCOCc2ccco2)s1. The Morgan fingerprint density at radius 3 is 2.82 bits per heavy atom. The van der Waals surface area contributed by atoms with Crippen molar-refractivity contribution in [2.45, 2.75) is 13.0 Å². The van der Waals surface area contributed by atoms with Crippen LogP contribution in [0.3, 0.4) is 0 Å². The second-order valence-electron chi connectivity index (χ2n) is 4.40. The van der Waals surface area contributed by atoms with Gasteiger partial charge < -0.3 is 19.2 Å². The summed E-state index contributed by atoms with van der Waals surface area (Å²) in [5, 5.41) is 2.78. The summed E-state index contributed by atoms with van der Waals surface area (Å²) in [6.07, 6.45) is 2.30. The Balaban J connectivity index is 1.63. The van der Waals surface area contributed by atoms with Gasteiger partial charge >= 0.3 is 5.97 Å². The van der Waals surface area contributed by atoms with Crippen LogP contribution in [0, 0.1) is 0 Å². The van der Waals surface area contributed by atoms with Gasteiger partial charge in [-0.1, -0.05) is 0 Å². The van der Waals surface area contributed by atoms with Crippen LogP contribution in [0.5, 0.6) is 0 Å². The van der Waals surface area contributed by atoms with Gasteiger partial charge in [-0.25, -0.2) is 4.79 Å². The van der Waals surface area contributed by atoms with Crippen molar-refractivity contribution in [3.8, 4) is 0 Å². The van der Waals surface area contributed by atoms with Gasteiger partial charge in [0.15, 0.2) is 0 Å². The Morgan fingerprint density at radius 1 is 1.27 bits per heavy atom. The van der Waals surface area contributed by atoms with Gasteiger partial charge in [-0.3, -0.25) is 4.79 Å². The normalized spacial score (nSPS) is 10.4. The minimum absolute atomic E-state index is 0.203. The number of carbonyl (C=O) groups excluding carboxylic acids is 2. The summed E-state index contributed by atoms with van der Waals surface area (Å²) < 4.78 is 15.1. The molecule has 0 aliphatic heterocycles. The molecule has 0 spiro atoms. The van der Waals surface area contributed by atoms with E-state index in [1.807, 2.05) is 12.1 Å². The summed E-state index contributed by atoms with van der Waals surface area (Å²) >= 11 is 1.11. The Kier molecular flexibility index (Phi) is 6.17. The standard InChI is InChI=1S/C15H17NO5S/c1-19-15(18)13-6-5-12(22-13)14(17)16-7-3-8-20-10-11-4-2-9-21-11/h2,4-6,9H,3,7-8,10H2,1H3,(H,16,17). The minimum atomic E-state index is -0.435. The molecule has 0 atom stereocenters. The molecule has 0 bridgehead atoms. The Bertz CT molecular complexity index is 605. The lowest BCUT2D eigenvalue weighted by Gasteiger charge is -2.04. The van der Waals surface area contributed by atoms with Gasteiger partial charge in [0.25, 0.3) is 5.91 Å². The molecule has 0 fully saturated rings. The summed E-state index contributed by atoms with van der Waals surface area (Å²) in [6.45, 7) is 1.45. The van der Waals surface area contributed by atoms with Crippen LogP contribution in [-0.4, -0.2) is 32.1 Å². The molecule has 7 heteroatoms. The molecule has 2 aromatic heterocycles. The predicted octanol–water partition coefficient (Wildman–Crippen LogP) is 2.46. The first-order valence-corrected chi connectivity index (χ1v) is 7.59. The zero-order valence-corrected chi connectivity index (χ0v) is 13.0. The molecule has 0 aliphatic rings. The predicted molar refractivity (Wildman–Crippen MR) is 81.0 cm³/mol. The maximum absolute atomic E-state index is 11.9. The Labute approximate surface area is 132 Å². The van der Waals surface area contributed by atoms with Crippen molar-refractivity contribution in [3.63, 3.8) is 0 Å². The molecule has 1 N–H and O–H groups in total. The number of ether oxygens (including phenoxy) is 2. The fourth-order valence-corrected chi connectivity index (χ4v) is 2.54. The monoisotopic (exact) mass is 323 g/mol. The molecule has 2 rings (SSSR count). The number of amides is 1. The zero-order valence-electron chi connectivity index (χ0n) is 12.2. The summed E-state index contributed by atoms with van der Waals surface area (Å²) in [4.78, 5) is 24.1. The second-order valence-corrected chi connectivity index (χ2v) is 5.48. The van der Waals surface area contributed by atoms with E-state index in [0.717, 1.165) is 17.1 Å². The number of hydrogen-bond donors (Lipinski definition) is 1. The number of furan rings is 1. The van der Waals surface area contributed by atoms with Crippen LogP contribution in [0.15, 0.2) is 34.9 Å². The highest BCUT2D eigenvalue weighted by Gasteiger charge is 2.13. The largest absolute Gasteiger partial charge is 0.467 e. The molecule has 2 aromatic rings. The van der Waals surface area contributed by atoms with Gasteiger partial charge in [-0.2, -0.15) is 0 Å². The third kappa shape index (κ3) is 4.71. The van der Waals surface area contributed by atoms with E-state index in [2.05, 4.69) is 10.1 Å². The van der Waals surface area contributed by atoms with Crippen LogP contribution in [0.25, 0.3) is 0 Å². The first-order valence-electron chi connectivity index (χ1n) is 6.77. The molecule has 0 aliphatic carbocycles. The molecule has 0 saturated heterocycles. The number of carbonyl (C=O) groups is 2. The van der Waals surface area contributed by atoms with Gasteiger partial charge in [0.2, 0.25) is 0 Å². The lowest BCUT2D eigenvalue weighted by molar-refractivity contribution is 0.0606. The average Bonchev–Trinajstić information content (AvgIpc) is 3.20. The fraction of sp³-hybridized carbons (Fsp3) is 0.333. The quantitative estimate of drug-likeness (QED) is 0.596. The maximum atomic E-state index is 11.9. The molecule has 0 radical (unpaired) electrons. The highest BCUT2D eigenvalue weighted by atomic mass is 32.1. The maximum Gasteiger partial charge on any atom is 0.348 e. The van der Waals surface area contributed by atoms with Gasteiger partial charge in [0.05, 0.1) is 18.3 Å². The van der Waals surface area contributed by atoms with Crippen molar-refractivity contribution in [2.24, 2.45) is 0 Å². The Morgan fingerprint density at radius 2 is 2.09 bits per heavy atom. The molecular weight excluding hydrogens is 306 g/mol. The molecule has 6 nitrogen and oxygen atoms in total. The summed E-state index contributed by atoms with van der Waals surface area (Å²) in [5.74, 6) is 0.138. The fourth-order valence-electron chi connectivity index (χ4n) is 1.70. The van der Waals surface area contributed by atoms with Crippen LogP contribution < -0.4 is 5.32 Å². The van der Waals surface area contributed by atoms with E-state index in [9.17, 15) is 9.59 Å². The molecule has 2 heterocycles. The van der Waals surface area contributed by atoms with Crippen molar-refractivity contribution in [1.82, 2.24) is 5.32 Å². The van der Waals surface area contributed by atoms with Crippen molar-refractivity contribution in [3.05, 3.63) is 46.0 Å². The van der Waals surface area contributed by atoms with Gasteiger partial charge in [0, 0.05) is 13.2 Å². The third-order valence-electron chi connectivity index (χ3n) is 2.79. The van der Waals surface area contributed by atoms with Crippen LogP contribution in [0.1, 0.15) is 31.5 Å². The smallest absolute Gasteiger partial charge is 0.348 e. The van der Waals surface area contributed by atoms with Crippen molar-refractivity contribution < 1.29 is 23.5 Å². The lowest BCUT2D eigenvalue weighted by atomic mass is 10.4. The van der Waals surface area contributed by atoms with E-state index in [0.29, 0.717) is 35.9 Å². The molecule has 0 saturated carbocycles. The van der Waals surface area contributed by atoms with E-state index < -0.39 is 5.97 Å². The van der Waals surface area contributed by atoms with E-state index >= 15 is 0 Å². The van der Waals surface area contributed by atoms with E-state index in [1.54, 1.807) is 18.4 Å². The van der Waals surface area contributed by atoms with E-state index in [1.165, 1.54) is 7.11 Å². The Hall–Kier alpha value is -2.12. The highest BCUT2D eigenvalue weighted by molar-refractivity contribution is 7.15. The number of hydrogen-bond acceptors (Lipinski definition) is 6. The highest BCUT2D eigenvalue weighted by Crippen LogP contribution is 2.17. The van der Waals surface area contributed by atoms with Gasteiger partial charge in [0.1, 0.15) is 17.2 Å². The minimum Gasteiger partial charge on any atom is -0.467 e. The number of methoxy groups -OCH3 is 1. The lowest BCUT2D eigenvalue weighted by Crippen LogP contribution is -2.24. The average molecular weight is 323 g/mol. The molecule has 0 unspecified atom stereocenters. The zero-order chi connectivity index (χ0) is 15.8. The van der Waals surface area contributed by atoms with Crippen molar-refractivity contribution in [1.29, 1.82) is 0 Å². The van der Waals surface area contributed by atoms with Crippen molar-refractivity contribution in [2.75, 3.05) is 20.3 Å². The summed E-state index contributed by atoms with van der Waals surface area (Å²) in [6, 6.07) is 6.84. The first kappa shape index (κ1) is 16.3. The van der Waals surface area contributed by atoms with Gasteiger partial charge in [-0.05, 0) is 30.7 Å². The van der Waals surface area contributed by atoms with Crippen LogP contribution in [0.2, 0.25) is 0 Å². The number of thiophene rings is 1. The van der Waals surface area contributed by atoms with E-state index in [4.69, 9.17) is 9.15 Å². The second kappa shape index (κ2) is 8.35. The number of esters is 1. The third-order valence-corrected chi connectivity index (χ3v) is 3.86. The molecular formula is C15H17NO5S. The van der Waals surface area contributed by atoms with Crippen LogP contribution >= 0.6 is 11.3 Å². The summed E-state index contributed by atoms with van der Waals surface area (Å²) in [5.41, 5.74) is 0. The van der Waals surface area contributed by atoms with Crippen LogP contribution in [0.4, 0.5) is 0 Å². The van der Waals surface area contributed by atoms with Crippen molar-refractivity contribution >= 4 is 23.2 Å². The topological polar surface area (TPSA) is 77.8 Å². The van der Waals surface area contributed by atoms with Crippen LogP contribution in [-0.2, 0) is 16.1 Å².